The van der Waals surface area contributed by atoms with Crippen molar-refractivity contribution in [2.45, 2.75) is 52.2 Å². The number of carbonyl (C=O) groups excluding carboxylic acids is 1. The molecule has 2 heterocycles. The van der Waals surface area contributed by atoms with Crippen LogP contribution in [0.2, 0.25) is 0 Å². The lowest BCUT2D eigenvalue weighted by Crippen LogP contribution is -2.43. The first-order chi connectivity index (χ1) is 15.1. The molecular formula is C27H36N2O2. The predicted octanol–water partition coefficient (Wildman–Crippen LogP) is 4.84. The van der Waals surface area contributed by atoms with Crippen molar-refractivity contribution in [2.24, 2.45) is 5.92 Å². The van der Waals surface area contributed by atoms with Gasteiger partial charge >= 0.3 is 0 Å². The second-order valence-electron chi connectivity index (χ2n) is 9.36. The molecule has 2 saturated heterocycles. The highest BCUT2D eigenvalue weighted by atomic mass is 16.5. The lowest BCUT2D eigenvalue weighted by Gasteiger charge is -2.36. The molecule has 2 aliphatic heterocycles. The van der Waals surface area contributed by atoms with Gasteiger partial charge in [-0.2, -0.15) is 0 Å². The Morgan fingerprint density at radius 3 is 2.55 bits per heavy atom. The maximum Gasteiger partial charge on any atom is 0.253 e. The van der Waals surface area contributed by atoms with Crippen LogP contribution in [0, 0.1) is 19.8 Å². The molecule has 0 spiro atoms. The van der Waals surface area contributed by atoms with Gasteiger partial charge in [-0.3, -0.25) is 9.69 Å². The highest BCUT2D eigenvalue weighted by molar-refractivity contribution is 5.94. The van der Waals surface area contributed by atoms with Gasteiger partial charge in [0.2, 0.25) is 0 Å². The van der Waals surface area contributed by atoms with E-state index in [4.69, 9.17) is 4.74 Å². The van der Waals surface area contributed by atoms with Crippen molar-refractivity contribution in [3.8, 4) is 0 Å². The van der Waals surface area contributed by atoms with Crippen LogP contribution in [-0.2, 0) is 11.3 Å². The van der Waals surface area contributed by atoms with Gasteiger partial charge in [0.15, 0.2) is 0 Å². The third-order valence-electron chi connectivity index (χ3n) is 6.84. The Labute approximate surface area is 187 Å². The van der Waals surface area contributed by atoms with Crippen LogP contribution in [0.3, 0.4) is 0 Å². The molecule has 4 heteroatoms. The summed E-state index contributed by atoms with van der Waals surface area (Å²) in [7, 11) is 0. The molecule has 31 heavy (non-hydrogen) atoms. The van der Waals surface area contributed by atoms with E-state index in [1.54, 1.807) is 0 Å². The molecule has 4 rings (SSSR count). The minimum Gasteiger partial charge on any atom is -0.376 e. The van der Waals surface area contributed by atoms with Gasteiger partial charge < -0.3 is 9.64 Å². The van der Waals surface area contributed by atoms with Gasteiger partial charge in [-0.25, -0.2) is 0 Å². The molecule has 1 atom stereocenters. The second kappa shape index (κ2) is 10.4. The van der Waals surface area contributed by atoms with Crippen LogP contribution in [0.15, 0.2) is 48.5 Å². The minimum absolute atomic E-state index is 0.154. The second-order valence-corrected chi connectivity index (χ2v) is 9.36. The molecule has 0 radical (unpaired) electrons. The van der Waals surface area contributed by atoms with Crippen LogP contribution < -0.4 is 0 Å². The lowest BCUT2D eigenvalue weighted by atomic mass is 9.95. The normalized spacial score (nSPS) is 20.1. The van der Waals surface area contributed by atoms with Gasteiger partial charge in [0.05, 0.1) is 6.10 Å². The fourth-order valence-corrected chi connectivity index (χ4v) is 4.90. The molecule has 0 aliphatic carbocycles. The van der Waals surface area contributed by atoms with E-state index in [1.165, 1.54) is 11.1 Å². The van der Waals surface area contributed by atoms with Gasteiger partial charge in [-0.1, -0.05) is 42.0 Å². The standard InChI is InChI=1S/C27H36N2O2/c1-21-7-5-10-24(17-21)27(30)29(20-26-11-6-16-31-26)18-23-12-14-28(15-13-23)19-25-9-4-3-8-22(25)2/h3-5,7-10,17,23,26H,6,11-16,18-20H2,1-2H3. The molecule has 2 aromatic rings. The number of ether oxygens (including phenoxy) is 1. The van der Waals surface area contributed by atoms with Crippen LogP contribution in [-0.4, -0.2) is 54.6 Å². The molecule has 0 saturated carbocycles. The van der Waals surface area contributed by atoms with Gasteiger partial charge in [0, 0.05) is 31.8 Å². The average Bonchev–Trinajstić information content (AvgIpc) is 3.29. The maximum atomic E-state index is 13.4. The number of nitrogens with zero attached hydrogens (tertiary/aromatic N) is 2. The summed E-state index contributed by atoms with van der Waals surface area (Å²) in [6.45, 7) is 9.86. The number of rotatable bonds is 7. The molecule has 2 aliphatic rings. The Morgan fingerprint density at radius 1 is 1.03 bits per heavy atom. The van der Waals surface area contributed by atoms with Crippen molar-refractivity contribution in [2.75, 3.05) is 32.8 Å². The van der Waals surface area contributed by atoms with Crippen LogP contribution in [0.1, 0.15) is 52.7 Å². The Bertz CT molecular complexity index is 867. The fraction of sp³-hybridized carbons (Fsp3) is 0.519. The van der Waals surface area contributed by atoms with Gasteiger partial charge in [-0.05, 0) is 81.8 Å². The van der Waals surface area contributed by atoms with Crippen molar-refractivity contribution < 1.29 is 9.53 Å². The zero-order valence-corrected chi connectivity index (χ0v) is 19.1. The number of aryl methyl sites for hydroxylation is 2. The third kappa shape index (κ3) is 5.96. The average molecular weight is 421 g/mol. The van der Waals surface area contributed by atoms with E-state index >= 15 is 0 Å². The van der Waals surface area contributed by atoms with E-state index in [1.807, 2.05) is 31.2 Å². The summed E-state index contributed by atoms with van der Waals surface area (Å²) >= 11 is 0. The molecule has 166 valence electrons. The Hall–Kier alpha value is -2.17. The third-order valence-corrected chi connectivity index (χ3v) is 6.84. The Kier molecular flexibility index (Phi) is 7.41. The van der Waals surface area contributed by atoms with E-state index in [0.717, 1.165) is 76.1 Å². The van der Waals surface area contributed by atoms with Crippen molar-refractivity contribution in [3.63, 3.8) is 0 Å². The smallest absolute Gasteiger partial charge is 0.253 e. The number of hydrogen-bond donors (Lipinski definition) is 0. The molecule has 2 aromatic carbocycles. The summed E-state index contributed by atoms with van der Waals surface area (Å²) < 4.78 is 5.87. The Balaban J connectivity index is 1.36. The van der Waals surface area contributed by atoms with E-state index < -0.39 is 0 Å². The summed E-state index contributed by atoms with van der Waals surface area (Å²) in [5.74, 6) is 0.713. The van der Waals surface area contributed by atoms with E-state index in [2.05, 4.69) is 41.0 Å². The first kappa shape index (κ1) is 22.0. The summed E-state index contributed by atoms with van der Waals surface area (Å²) in [6.07, 6.45) is 4.65. The van der Waals surface area contributed by atoms with E-state index in [9.17, 15) is 4.79 Å². The van der Waals surface area contributed by atoms with Crippen molar-refractivity contribution in [3.05, 3.63) is 70.8 Å². The van der Waals surface area contributed by atoms with E-state index in [-0.39, 0.29) is 12.0 Å². The molecule has 4 nitrogen and oxygen atoms in total. The molecule has 0 N–H and O–H groups in total. The largest absolute Gasteiger partial charge is 0.376 e. The van der Waals surface area contributed by atoms with Gasteiger partial charge in [-0.15, -0.1) is 0 Å². The zero-order chi connectivity index (χ0) is 21.6. The summed E-state index contributed by atoms with van der Waals surface area (Å²) in [4.78, 5) is 18.0. The first-order valence-electron chi connectivity index (χ1n) is 11.8. The SMILES string of the molecule is Cc1cccc(C(=O)N(CC2CCN(Cc3ccccc3C)CC2)CC2CCCO2)c1. The molecule has 0 bridgehead atoms. The molecular weight excluding hydrogens is 384 g/mol. The highest BCUT2D eigenvalue weighted by Gasteiger charge is 2.28. The maximum absolute atomic E-state index is 13.4. The molecule has 2 fully saturated rings. The van der Waals surface area contributed by atoms with Crippen molar-refractivity contribution >= 4 is 5.91 Å². The minimum atomic E-state index is 0.154. The number of likely N-dealkylation sites (tertiary alicyclic amines) is 1. The van der Waals surface area contributed by atoms with Crippen molar-refractivity contribution in [1.82, 2.24) is 9.80 Å². The van der Waals surface area contributed by atoms with Gasteiger partial charge in [0.25, 0.3) is 5.91 Å². The van der Waals surface area contributed by atoms with Crippen LogP contribution >= 0.6 is 0 Å². The van der Waals surface area contributed by atoms with Gasteiger partial charge in [0.1, 0.15) is 0 Å². The lowest BCUT2D eigenvalue weighted by molar-refractivity contribution is 0.0444. The zero-order valence-electron chi connectivity index (χ0n) is 19.1. The van der Waals surface area contributed by atoms with E-state index in [0.29, 0.717) is 5.92 Å². The Morgan fingerprint density at radius 2 is 1.84 bits per heavy atom. The molecule has 1 amide bonds. The summed E-state index contributed by atoms with van der Waals surface area (Å²) in [5, 5.41) is 0. The monoisotopic (exact) mass is 420 g/mol. The number of carbonyl (C=O) groups is 1. The quantitative estimate of drug-likeness (QED) is 0.643. The number of benzene rings is 2. The van der Waals surface area contributed by atoms with Crippen molar-refractivity contribution in [1.29, 1.82) is 0 Å². The summed E-state index contributed by atoms with van der Waals surface area (Å²) in [6, 6.07) is 16.7. The number of piperidine rings is 1. The van der Waals surface area contributed by atoms with Crippen LogP contribution in [0.25, 0.3) is 0 Å². The predicted molar refractivity (Wildman–Crippen MR) is 125 cm³/mol. The molecule has 1 unspecified atom stereocenters. The first-order valence-corrected chi connectivity index (χ1v) is 11.8. The number of hydrogen-bond acceptors (Lipinski definition) is 3. The van der Waals surface area contributed by atoms with Crippen LogP contribution in [0.4, 0.5) is 0 Å². The number of amides is 1. The highest BCUT2D eigenvalue weighted by Crippen LogP contribution is 2.23. The summed E-state index contributed by atoms with van der Waals surface area (Å²) in [5.41, 5.74) is 4.73. The van der Waals surface area contributed by atoms with Crippen LogP contribution in [0.5, 0.6) is 0 Å². The molecule has 0 aromatic heterocycles. The fourth-order valence-electron chi connectivity index (χ4n) is 4.90. The topological polar surface area (TPSA) is 32.8 Å².